The van der Waals surface area contributed by atoms with Crippen LogP contribution in [-0.4, -0.2) is 29.9 Å². The van der Waals surface area contributed by atoms with Crippen LogP contribution in [0.5, 0.6) is 0 Å². The number of nitrogens with one attached hydrogen (secondary N) is 1. The lowest BCUT2D eigenvalue weighted by molar-refractivity contribution is -0.130. The summed E-state index contributed by atoms with van der Waals surface area (Å²) in [5.74, 6) is -0.214. The lowest BCUT2D eigenvalue weighted by Gasteiger charge is -2.22. The van der Waals surface area contributed by atoms with Crippen LogP contribution in [0.2, 0.25) is 0 Å². The highest BCUT2D eigenvalue weighted by Crippen LogP contribution is 2.07. The van der Waals surface area contributed by atoms with Gasteiger partial charge < -0.3 is 10.2 Å². The van der Waals surface area contributed by atoms with E-state index in [1.165, 1.54) is 12.1 Å². The number of amides is 1. The highest BCUT2D eigenvalue weighted by molar-refractivity contribution is 5.76. The molecule has 0 aliphatic heterocycles. The average molecular weight is 266 g/mol. The molecule has 1 aromatic carbocycles. The molecule has 0 aliphatic carbocycles. The van der Waals surface area contributed by atoms with Gasteiger partial charge in [0.25, 0.3) is 0 Å². The molecule has 0 aliphatic rings. The van der Waals surface area contributed by atoms with Crippen LogP contribution in [0.15, 0.2) is 24.3 Å². The summed E-state index contributed by atoms with van der Waals surface area (Å²) in [5, 5.41) is 3.27. The van der Waals surface area contributed by atoms with Gasteiger partial charge in [-0.3, -0.25) is 4.79 Å². The van der Waals surface area contributed by atoms with Crippen molar-refractivity contribution in [1.82, 2.24) is 10.2 Å². The van der Waals surface area contributed by atoms with Crippen molar-refractivity contribution in [2.24, 2.45) is 0 Å². The molecule has 0 fully saturated rings. The monoisotopic (exact) mass is 266 g/mol. The molecule has 0 bridgehead atoms. The second kappa shape index (κ2) is 6.66. The van der Waals surface area contributed by atoms with Crippen molar-refractivity contribution in [3.8, 4) is 0 Å². The second-order valence-corrected chi connectivity index (χ2v) is 5.81. The summed E-state index contributed by atoms with van der Waals surface area (Å²) >= 11 is 0. The standard InChI is InChI=1S/C15H23FN2O/c1-15(2,3)17-9-8-14(19)18(4)11-12-6-5-7-13(16)10-12/h5-7,10,17H,8-9,11H2,1-4H3. The largest absolute Gasteiger partial charge is 0.341 e. The Bertz CT molecular complexity index is 426. The zero-order chi connectivity index (χ0) is 14.5. The highest BCUT2D eigenvalue weighted by Gasteiger charge is 2.12. The van der Waals surface area contributed by atoms with Gasteiger partial charge >= 0.3 is 0 Å². The van der Waals surface area contributed by atoms with Crippen LogP contribution in [0.4, 0.5) is 4.39 Å². The van der Waals surface area contributed by atoms with Crippen molar-refractivity contribution in [2.75, 3.05) is 13.6 Å². The Balaban J connectivity index is 2.41. The Hall–Kier alpha value is -1.42. The zero-order valence-electron chi connectivity index (χ0n) is 12.2. The predicted octanol–water partition coefficient (Wildman–Crippen LogP) is 2.56. The molecule has 0 unspecified atom stereocenters. The van der Waals surface area contributed by atoms with E-state index >= 15 is 0 Å². The molecule has 0 aromatic heterocycles. The summed E-state index contributed by atoms with van der Waals surface area (Å²) in [4.78, 5) is 13.5. The molecule has 106 valence electrons. The maximum Gasteiger partial charge on any atom is 0.223 e. The first-order valence-electron chi connectivity index (χ1n) is 6.51. The van der Waals surface area contributed by atoms with Crippen LogP contribution in [-0.2, 0) is 11.3 Å². The minimum Gasteiger partial charge on any atom is -0.341 e. The Morgan fingerprint density at radius 1 is 1.37 bits per heavy atom. The lowest BCUT2D eigenvalue weighted by Crippen LogP contribution is -2.38. The highest BCUT2D eigenvalue weighted by atomic mass is 19.1. The summed E-state index contributed by atoms with van der Waals surface area (Å²) < 4.78 is 13.0. The number of carbonyl (C=O) groups is 1. The fraction of sp³-hybridized carbons (Fsp3) is 0.533. The van der Waals surface area contributed by atoms with E-state index in [4.69, 9.17) is 0 Å². The SMILES string of the molecule is CN(Cc1cccc(F)c1)C(=O)CCNC(C)(C)C. The van der Waals surface area contributed by atoms with Crippen molar-refractivity contribution in [1.29, 1.82) is 0 Å². The third-order valence-electron chi connectivity index (χ3n) is 2.73. The summed E-state index contributed by atoms with van der Waals surface area (Å²) in [6.07, 6.45) is 0.448. The number of benzene rings is 1. The molecule has 1 aromatic rings. The Morgan fingerprint density at radius 2 is 2.05 bits per heavy atom. The van der Waals surface area contributed by atoms with Crippen LogP contribution in [0, 0.1) is 5.82 Å². The minimum atomic E-state index is -0.271. The van der Waals surface area contributed by atoms with Gasteiger partial charge in [-0.2, -0.15) is 0 Å². The first kappa shape index (κ1) is 15.6. The van der Waals surface area contributed by atoms with E-state index in [9.17, 15) is 9.18 Å². The molecule has 19 heavy (non-hydrogen) atoms. The molecule has 1 amide bonds. The number of hydrogen-bond acceptors (Lipinski definition) is 2. The van der Waals surface area contributed by atoms with E-state index in [1.54, 1.807) is 18.0 Å². The van der Waals surface area contributed by atoms with E-state index in [0.717, 1.165) is 5.56 Å². The van der Waals surface area contributed by atoms with E-state index in [2.05, 4.69) is 26.1 Å². The van der Waals surface area contributed by atoms with Gasteiger partial charge in [-0.25, -0.2) is 4.39 Å². The van der Waals surface area contributed by atoms with Crippen molar-refractivity contribution in [3.63, 3.8) is 0 Å². The van der Waals surface area contributed by atoms with Gasteiger partial charge in [-0.1, -0.05) is 12.1 Å². The van der Waals surface area contributed by atoms with Crippen LogP contribution in [0.1, 0.15) is 32.8 Å². The predicted molar refractivity (Wildman–Crippen MR) is 75.2 cm³/mol. The third-order valence-corrected chi connectivity index (χ3v) is 2.73. The second-order valence-electron chi connectivity index (χ2n) is 5.81. The van der Waals surface area contributed by atoms with Crippen molar-refractivity contribution in [2.45, 2.75) is 39.3 Å². The lowest BCUT2D eigenvalue weighted by atomic mass is 10.1. The molecule has 1 N–H and O–H groups in total. The fourth-order valence-corrected chi connectivity index (χ4v) is 1.73. The van der Waals surface area contributed by atoms with E-state index in [1.807, 2.05) is 6.07 Å². The summed E-state index contributed by atoms with van der Waals surface area (Å²) in [6.45, 7) is 7.28. The van der Waals surface area contributed by atoms with E-state index < -0.39 is 0 Å². The number of hydrogen-bond donors (Lipinski definition) is 1. The zero-order valence-corrected chi connectivity index (χ0v) is 12.2. The van der Waals surface area contributed by atoms with Crippen LogP contribution < -0.4 is 5.32 Å². The first-order valence-corrected chi connectivity index (χ1v) is 6.51. The van der Waals surface area contributed by atoms with Gasteiger partial charge in [0.05, 0.1) is 0 Å². The average Bonchev–Trinajstić information content (AvgIpc) is 2.27. The molecular formula is C15H23FN2O. The molecule has 0 atom stereocenters. The Labute approximate surface area is 114 Å². The summed E-state index contributed by atoms with van der Waals surface area (Å²) in [5.41, 5.74) is 0.821. The summed E-state index contributed by atoms with van der Waals surface area (Å²) in [7, 11) is 1.74. The molecule has 3 nitrogen and oxygen atoms in total. The molecule has 0 saturated heterocycles. The van der Waals surface area contributed by atoms with Crippen LogP contribution in [0.25, 0.3) is 0 Å². The van der Waals surface area contributed by atoms with Gasteiger partial charge in [0.15, 0.2) is 0 Å². The Morgan fingerprint density at radius 3 is 2.63 bits per heavy atom. The molecule has 4 heteroatoms. The normalized spacial score (nSPS) is 11.4. The van der Waals surface area contributed by atoms with Crippen LogP contribution >= 0.6 is 0 Å². The minimum absolute atomic E-state index is 0.0153. The fourth-order valence-electron chi connectivity index (χ4n) is 1.73. The third kappa shape index (κ3) is 6.34. The number of carbonyl (C=O) groups excluding carboxylic acids is 1. The van der Waals surface area contributed by atoms with Gasteiger partial charge in [-0.05, 0) is 38.5 Å². The number of nitrogens with zero attached hydrogens (tertiary/aromatic N) is 1. The molecule has 0 saturated carbocycles. The van der Waals surface area contributed by atoms with Crippen molar-refractivity contribution in [3.05, 3.63) is 35.6 Å². The topological polar surface area (TPSA) is 32.3 Å². The van der Waals surface area contributed by atoms with Gasteiger partial charge in [0.1, 0.15) is 5.82 Å². The molecule has 0 heterocycles. The van der Waals surface area contributed by atoms with Crippen molar-refractivity contribution >= 4 is 5.91 Å². The van der Waals surface area contributed by atoms with E-state index in [0.29, 0.717) is 19.5 Å². The number of rotatable bonds is 5. The summed E-state index contributed by atoms with van der Waals surface area (Å²) in [6, 6.07) is 6.33. The Kier molecular flexibility index (Phi) is 5.48. The van der Waals surface area contributed by atoms with Crippen LogP contribution in [0.3, 0.4) is 0 Å². The van der Waals surface area contributed by atoms with Gasteiger partial charge in [0.2, 0.25) is 5.91 Å². The molecule has 1 rings (SSSR count). The quantitative estimate of drug-likeness (QED) is 0.888. The number of halogens is 1. The van der Waals surface area contributed by atoms with Crippen molar-refractivity contribution < 1.29 is 9.18 Å². The van der Waals surface area contributed by atoms with Gasteiger partial charge in [0, 0.05) is 32.1 Å². The van der Waals surface area contributed by atoms with E-state index in [-0.39, 0.29) is 17.3 Å². The smallest absolute Gasteiger partial charge is 0.223 e. The maximum atomic E-state index is 13.0. The molecular weight excluding hydrogens is 243 g/mol. The maximum absolute atomic E-state index is 13.0. The van der Waals surface area contributed by atoms with Gasteiger partial charge in [-0.15, -0.1) is 0 Å². The first-order chi connectivity index (χ1) is 8.78. The molecule has 0 spiro atoms. The molecule has 0 radical (unpaired) electrons.